The van der Waals surface area contributed by atoms with Crippen LogP contribution in [0.2, 0.25) is 0 Å². The van der Waals surface area contributed by atoms with Crippen molar-refractivity contribution in [2.75, 3.05) is 19.6 Å². The average molecular weight is 504 g/mol. The first kappa shape index (κ1) is 27.5. The number of aliphatic carboxylic acids is 2. The third-order valence-corrected chi connectivity index (χ3v) is 6.27. The standard InChI is InChI=1S/C27H31N3O.C2H2O4/c31-27(25-15-18-29(19-16-25)22-26-13-7-8-17-28-26)30(21-24-11-5-2-6-12-24)20-14-23-9-3-1-4-10-23;3-1(4)2(5)6/h1-13,17,25H,14-16,18-22H2;(H,3,4)(H,5,6). The van der Waals surface area contributed by atoms with Gasteiger partial charge in [-0.2, -0.15) is 0 Å². The smallest absolute Gasteiger partial charge is 0.414 e. The Morgan fingerprint density at radius 1 is 0.811 bits per heavy atom. The van der Waals surface area contributed by atoms with Crippen molar-refractivity contribution in [2.45, 2.75) is 32.4 Å². The molecule has 1 amide bonds. The topological polar surface area (TPSA) is 111 Å². The molecule has 2 heterocycles. The molecule has 1 aliphatic heterocycles. The highest BCUT2D eigenvalue weighted by molar-refractivity contribution is 6.27. The summed E-state index contributed by atoms with van der Waals surface area (Å²) in [6.45, 7) is 4.20. The van der Waals surface area contributed by atoms with Crippen molar-refractivity contribution in [3.05, 3.63) is 102 Å². The van der Waals surface area contributed by atoms with E-state index in [9.17, 15) is 4.79 Å². The number of carbonyl (C=O) groups is 3. The number of rotatable bonds is 8. The fourth-order valence-corrected chi connectivity index (χ4v) is 4.30. The van der Waals surface area contributed by atoms with Gasteiger partial charge in [-0.25, -0.2) is 9.59 Å². The first-order valence-corrected chi connectivity index (χ1v) is 12.4. The molecule has 2 N–H and O–H groups in total. The summed E-state index contributed by atoms with van der Waals surface area (Å²) in [6.07, 6.45) is 4.57. The van der Waals surface area contributed by atoms with Crippen LogP contribution in [0.3, 0.4) is 0 Å². The van der Waals surface area contributed by atoms with Gasteiger partial charge in [-0.3, -0.25) is 14.7 Å². The van der Waals surface area contributed by atoms with Gasteiger partial charge in [-0.1, -0.05) is 66.7 Å². The number of carboxylic acid groups (broad SMARTS) is 2. The van der Waals surface area contributed by atoms with Gasteiger partial charge in [0.1, 0.15) is 0 Å². The monoisotopic (exact) mass is 503 g/mol. The van der Waals surface area contributed by atoms with E-state index in [-0.39, 0.29) is 5.92 Å². The fraction of sp³-hybridized carbons (Fsp3) is 0.310. The molecule has 1 aromatic heterocycles. The molecule has 1 fully saturated rings. The summed E-state index contributed by atoms with van der Waals surface area (Å²) in [5.41, 5.74) is 3.57. The number of hydrogen-bond acceptors (Lipinski definition) is 5. The largest absolute Gasteiger partial charge is 0.473 e. The second-order valence-corrected chi connectivity index (χ2v) is 8.96. The van der Waals surface area contributed by atoms with Gasteiger partial charge in [0, 0.05) is 31.7 Å². The Morgan fingerprint density at radius 3 is 1.92 bits per heavy atom. The summed E-state index contributed by atoms with van der Waals surface area (Å²) in [7, 11) is 0. The number of hydrogen-bond donors (Lipinski definition) is 2. The van der Waals surface area contributed by atoms with Crippen molar-refractivity contribution in [1.82, 2.24) is 14.8 Å². The first-order chi connectivity index (χ1) is 17.9. The minimum absolute atomic E-state index is 0.111. The van der Waals surface area contributed by atoms with Crippen LogP contribution in [-0.4, -0.2) is 62.5 Å². The zero-order valence-corrected chi connectivity index (χ0v) is 20.8. The van der Waals surface area contributed by atoms with E-state index in [1.807, 2.05) is 42.6 Å². The third-order valence-electron chi connectivity index (χ3n) is 6.27. The van der Waals surface area contributed by atoms with Crippen LogP contribution < -0.4 is 0 Å². The molecule has 4 rings (SSSR count). The van der Waals surface area contributed by atoms with Crippen LogP contribution in [0.25, 0.3) is 0 Å². The van der Waals surface area contributed by atoms with Crippen molar-refractivity contribution in [1.29, 1.82) is 0 Å². The minimum atomic E-state index is -1.82. The lowest BCUT2D eigenvalue weighted by molar-refractivity contribution is -0.159. The summed E-state index contributed by atoms with van der Waals surface area (Å²) in [5, 5.41) is 14.8. The molecule has 0 saturated carbocycles. The number of carboxylic acids is 2. The Morgan fingerprint density at radius 2 is 1.38 bits per heavy atom. The van der Waals surface area contributed by atoms with Gasteiger partial charge in [0.05, 0.1) is 5.69 Å². The Balaban J connectivity index is 0.000000568. The van der Waals surface area contributed by atoms with E-state index in [2.05, 4.69) is 57.2 Å². The molecule has 0 radical (unpaired) electrons. The van der Waals surface area contributed by atoms with Crippen LogP contribution >= 0.6 is 0 Å². The van der Waals surface area contributed by atoms with Gasteiger partial charge in [-0.15, -0.1) is 0 Å². The molecule has 0 atom stereocenters. The highest BCUT2D eigenvalue weighted by atomic mass is 16.4. The molecule has 0 unspecified atom stereocenters. The van der Waals surface area contributed by atoms with Crippen LogP contribution in [0.15, 0.2) is 85.1 Å². The Bertz CT molecular complexity index is 1110. The van der Waals surface area contributed by atoms with E-state index >= 15 is 0 Å². The lowest BCUT2D eigenvalue weighted by atomic mass is 9.94. The van der Waals surface area contributed by atoms with Crippen molar-refractivity contribution in [3.8, 4) is 0 Å². The fourth-order valence-electron chi connectivity index (χ4n) is 4.30. The summed E-state index contributed by atoms with van der Waals surface area (Å²) in [5.74, 6) is -3.23. The van der Waals surface area contributed by atoms with E-state index < -0.39 is 11.9 Å². The average Bonchev–Trinajstić information content (AvgIpc) is 2.93. The summed E-state index contributed by atoms with van der Waals surface area (Å²) < 4.78 is 0. The van der Waals surface area contributed by atoms with Crippen molar-refractivity contribution >= 4 is 17.8 Å². The zero-order chi connectivity index (χ0) is 26.5. The van der Waals surface area contributed by atoms with E-state index in [1.165, 1.54) is 11.1 Å². The molecule has 2 aromatic carbocycles. The minimum Gasteiger partial charge on any atom is -0.473 e. The molecule has 3 aromatic rings. The van der Waals surface area contributed by atoms with Gasteiger partial charge < -0.3 is 15.1 Å². The van der Waals surface area contributed by atoms with Crippen LogP contribution in [0, 0.1) is 5.92 Å². The molecular formula is C29H33N3O5. The number of likely N-dealkylation sites (tertiary alicyclic amines) is 1. The molecule has 1 saturated heterocycles. The normalized spacial score (nSPS) is 13.7. The zero-order valence-electron chi connectivity index (χ0n) is 20.8. The van der Waals surface area contributed by atoms with Crippen molar-refractivity contribution < 1.29 is 24.6 Å². The molecule has 8 nitrogen and oxygen atoms in total. The van der Waals surface area contributed by atoms with Crippen LogP contribution in [-0.2, 0) is 33.9 Å². The van der Waals surface area contributed by atoms with Crippen molar-refractivity contribution in [3.63, 3.8) is 0 Å². The van der Waals surface area contributed by atoms with E-state index in [0.29, 0.717) is 12.5 Å². The predicted octanol–water partition coefficient (Wildman–Crippen LogP) is 3.72. The van der Waals surface area contributed by atoms with Gasteiger partial charge in [-0.05, 0) is 55.6 Å². The second-order valence-electron chi connectivity index (χ2n) is 8.96. The maximum Gasteiger partial charge on any atom is 0.414 e. The first-order valence-electron chi connectivity index (χ1n) is 12.4. The van der Waals surface area contributed by atoms with Gasteiger partial charge >= 0.3 is 11.9 Å². The number of pyridine rings is 1. The third kappa shape index (κ3) is 9.50. The lowest BCUT2D eigenvalue weighted by Gasteiger charge is -2.34. The summed E-state index contributed by atoms with van der Waals surface area (Å²) in [6, 6.07) is 26.8. The Hall–Kier alpha value is -4.04. The van der Waals surface area contributed by atoms with E-state index in [1.54, 1.807) is 0 Å². The number of carbonyl (C=O) groups excluding carboxylic acids is 1. The van der Waals surface area contributed by atoms with Gasteiger partial charge in [0.15, 0.2) is 0 Å². The SMILES string of the molecule is O=C(C1CCN(Cc2ccccn2)CC1)N(CCc1ccccc1)Cc1ccccc1.O=C(O)C(=O)O. The maximum atomic E-state index is 13.5. The van der Waals surface area contributed by atoms with Gasteiger partial charge in [0.25, 0.3) is 0 Å². The van der Waals surface area contributed by atoms with Crippen LogP contribution in [0.1, 0.15) is 29.7 Å². The number of benzene rings is 2. The number of piperidine rings is 1. The molecule has 1 aliphatic rings. The number of aromatic nitrogens is 1. The Kier molecular flexibility index (Phi) is 10.8. The summed E-state index contributed by atoms with van der Waals surface area (Å²) >= 11 is 0. The van der Waals surface area contributed by atoms with Crippen LogP contribution in [0.5, 0.6) is 0 Å². The Labute approximate surface area is 217 Å². The summed E-state index contributed by atoms with van der Waals surface area (Å²) in [4.78, 5) is 40.6. The van der Waals surface area contributed by atoms with E-state index in [4.69, 9.17) is 19.8 Å². The quantitative estimate of drug-likeness (QED) is 0.451. The highest BCUT2D eigenvalue weighted by Crippen LogP contribution is 2.22. The van der Waals surface area contributed by atoms with Gasteiger partial charge in [0.2, 0.25) is 5.91 Å². The molecule has 0 bridgehead atoms. The molecule has 194 valence electrons. The second kappa shape index (κ2) is 14.5. The molecule has 0 spiro atoms. The molecule has 8 heteroatoms. The lowest BCUT2D eigenvalue weighted by Crippen LogP contribution is -2.42. The predicted molar refractivity (Wildman–Crippen MR) is 140 cm³/mol. The molecule has 0 aliphatic carbocycles. The molecular weight excluding hydrogens is 470 g/mol. The molecule has 37 heavy (non-hydrogen) atoms. The van der Waals surface area contributed by atoms with Crippen LogP contribution in [0.4, 0.5) is 0 Å². The number of amides is 1. The van der Waals surface area contributed by atoms with Crippen molar-refractivity contribution in [2.24, 2.45) is 5.92 Å². The van der Waals surface area contributed by atoms with E-state index in [0.717, 1.165) is 51.1 Å². The highest BCUT2D eigenvalue weighted by Gasteiger charge is 2.28. The maximum absolute atomic E-state index is 13.5. The number of nitrogens with zero attached hydrogens (tertiary/aromatic N) is 3.